The fourth-order valence-electron chi connectivity index (χ4n) is 1.78. The van der Waals surface area contributed by atoms with E-state index in [2.05, 4.69) is 27.9 Å². The number of nitrogens with two attached hydrogens (primary N) is 1. The van der Waals surface area contributed by atoms with E-state index >= 15 is 0 Å². The molecule has 0 aliphatic heterocycles. The lowest BCUT2D eigenvalue weighted by Gasteiger charge is -2.10. The molecule has 5 nitrogen and oxygen atoms in total. The van der Waals surface area contributed by atoms with Gasteiger partial charge >= 0.3 is 0 Å². The van der Waals surface area contributed by atoms with Crippen LogP contribution in [0.3, 0.4) is 0 Å². The molecule has 0 amide bonds. The minimum Gasteiger partial charge on any atom is -0.327 e. The highest BCUT2D eigenvalue weighted by Gasteiger charge is 2.08. The zero-order valence-corrected chi connectivity index (χ0v) is 12.4. The SMILES string of the molecule is CCC(N)Cc1cnc(Sc2nccc(=O)[nH]2)c(C)c1. The molecule has 1 unspecified atom stereocenters. The van der Waals surface area contributed by atoms with E-state index in [9.17, 15) is 4.79 Å². The van der Waals surface area contributed by atoms with Gasteiger partial charge in [-0.3, -0.25) is 4.79 Å². The summed E-state index contributed by atoms with van der Waals surface area (Å²) in [6, 6.07) is 3.65. The Hall–Kier alpha value is -1.66. The van der Waals surface area contributed by atoms with Gasteiger partial charge in [-0.05, 0) is 42.7 Å². The van der Waals surface area contributed by atoms with Gasteiger partial charge in [0, 0.05) is 24.5 Å². The molecule has 2 rings (SSSR count). The van der Waals surface area contributed by atoms with Crippen molar-refractivity contribution in [2.45, 2.75) is 42.9 Å². The van der Waals surface area contributed by atoms with Crippen molar-refractivity contribution in [1.29, 1.82) is 0 Å². The smallest absolute Gasteiger partial charge is 0.251 e. The van der Waals surface area contributed by atoms with Gasteiger partial charge in [0.05, 0.1) is 0 Å². The zero-order chi connectivity index (χ0) is 14.5. The molecule has 0 fully saturated rings. The lowest BCUT2D eigenvalue weighted by Crippen LogP contribution is -2.21. The summed E-state index contributed by atoms with van der Waals surface area (Å²) in [6.07, 6.45) is 5.11. The number of aryl methyl sites for hydroxylation is 1. The van der Waals surface area contributed by atoms with Gasteiger partial charge < -0.3 is 10.7 Å². The van der Waals surface area contributed by atoms with Crippen LogP contribution in [0.5, 0.6) is 0 Å². The Balaban J connectivity index is 2.15. The second kappa shape index (κ2) is 6.67. The van der Waals surface area contributed by atoms with Gasteiger partial charge in [0.1, 0.15) is 5.03 Å². The van der Waals surface area contributed by atoms with Crippen molar-refractivity contribution in [2.75, 3.05) is 0 Å². The predicted octanol–water partition coefficient (Wildman–Crippen LogP) is 1.90. The molecular formula is C14H18N4OS. The lowest BCUT2D eigenvalue weighted by atomic mass is 10.1. The summed E-state index contributed by atoms with van der Waals surface area (Å²) < 4.78 is 0. The van der Waals surface area contributed by atoms with Crippen molar-refractivity contribution in [3.8, 4) is 0 Å². The van der Waals surface area contributed by atoms with Crippen LogP contribution >= 0.6 is 11.8 Å². The van der Waals surface area contributed by atoms with Gasteiger partial charge in [-0.2, -0.15) is 0 Å². The maximum atomic E-state index is 11.2. The van der Waals surface area contributed by atoms with Crippen molar-refractivity contribution in [1.82, 2.24) is 15.0 Å². The largest absolute Gasteiger partial charge is 0.327 e. The van der Waals surface area contributed by atoms with Crippen molar-refractivity contribution in [3.05, 3.63) is 46.0 Å². The second-order valence-electron chi connectivity index (χ2n) is 4.68. The summed E-state index contributed by atoms with van der Waals surface area (Å²) >= 11 is 1.35. The molecule has 106 valence electrons. The molecule has 0 aliphatic carbocycles. The minimum atomic E-state index is -0.161. The summed E-state index contributed by atoms with van der Waals surface area (Å²) in [5.41, 5.74) is 7.98. The molecule has 2 aromatic rings. The van der Waals surface area contributed by atoms with Crippen LogP contribution in [0, 0.1) is 6.92 Å². The van der Waals surface area contributed by atoms with Gasteiger partial charge in [0.25, 0.3) is 5.56 Å². The molecule has 0 bridgehead atoms. The number of nitrogens with one attached hydrogen (secondary N) is 1. The van der Waals surface area contributed by atoms with Gasteiger partial charge in [-0.15, -0.1) is 0 Å². The number of H-pyrrole nitrogens is 1. The predicted molar refractivity (Wildman–Crippen MR) is 79.9 cm³/mol. The van der Waals surface area contributed by atoms with E-state index < -0.39 is 0 Å². The van der Waals surface area contributed by atoms with Crippen molar-refractivity contribution in [2.24, 2.45) is 5.73 Å². The molecule has 0 aliphatic rings. The number of rotatable bonds is 5. The van der Waals surface area contributed by atoms with Gasteiger partial charge in [0.15, 0.2) is 5.16 Å². The lowest BCUT2D eigenvalue weighted by molar-refractivity contribution is 0.644. The first-order valence-electron chi connectivity index (χ1n) is 6.52. The fourth-order valence-corrected chi connectivity index (χ4v) is 2.56. The number of aromatic nitrogens is 3. The van der Waals surface area contributed by atoms with E-state index in [1.54, 1.807) is 0 Å². The number of aromatic amines is 1. The monoisotopic (exact) mass is 290 g/mol. The highest BCUT2D eigenvalue weighted by Crippen LogP contribution is 2.25. The van der Waals surface area contributed by atoms with Crippen molar-refractivity contribution < 1.29 is 0 Å². The van der Waals surface area contributed by atoms with Gasteiger partial charge in [0.2, 0.25) is 0 Å². The van der Waals surface area contributed by atoms with Crippen LogP contribution in [0.2, 0.25) is 0 Å². The summed E-state index contributed by atoms with van der Waals surface area (Å²) in [6.45, 7) is 4.07. The number of hydrogen-bond acceptors (Lipinski definition) is 5. The maximum absolute atomic E-state index is 11.2. The Morgan fingerprint density at radius 2 is 2.25 bits per heavy atom. The van der Waals surface area contributed by atoms with Crippen molar-refractivity contribution >= 4 is 11.8 Å². The molecule has 6 heteroatoms. The third-order valence-corrected chi connectivity index (χ3v) is 3.97. The third-order valence-electron chi connectivity index (χ3n) is 2.95. The van der Waals surface area contributed by atoms with E-state index in [4.69, 9.17) is 5.73 Å². The Morgan fingerprint density at radius 3 is 2.90 bits per heavy atom. The van der Waals surface area contributed by atoms with Crippen LogP contribution < -0.4 is 11.3 Å². The van der Waals surface area contributed by atoms with E-state index in [-0.39, 0.29) is 11.6 Å². The molecule has 0 saturated carbocycles. The summed E-state index contributed by atoms with van der Waals surface area (Å²) in [5, 5.41) is 1.39. The van der Waals surface area contributed by atoms with Crippen LogP contribution in [-0.4, -0.2) is 21.0 Å². The molecule has 0 spiro atoms. The Labute approximate surface area is 122 Å². The minimum absolute atomic E-state index is 0.161. The van der Waals surface area contributed by atoms with E-state index in [1.807, 2.05) is 13.1 Å². The molecule has 1 atom stereocenters. The maximum Gasteiger partial charge on any atom is 0.251 e. The van der Waals surface area contributed by atoms with Crippen LogP contribution in [0.4, 0.5) is 0 Å². The highest BCUT2D eigenvalue weighted by atomic mass is 32.2. The fraction of sp³-hybridized carbons (Fsp3) is 0.357. The molecule has 3 N–H and O–H groups in total. The molecule has 2 aromatic heterocycles. The Morgan fingerprint density at radius 1 is 1.45 bits per heavy atom. The van der Waals surface area contributed by atoms with Crippen LogP contribution in [0.1, 0.15) is 24.5 Å². The number of hydrogen-bond donors (Lipinski definition) is 2. The molecule has 2 heterocycles. The molecular weight excluding hydrogens is 272 g/mol. The summed E-state index contributed by atoms with van der Waals surface area (Å²) in [4.78, 5) is 22.4. The van der Waals surface area contributed by atoms with Gasteiger partial charge in [-0.25, -0.2) is 9.97 Å². The number of nitrogens with zero attached hydrogens (tertiary/aromatic N) is 2. The van der Waals surface area contributed by atoms with E-state index in [0.29, 0.717) is 5.16 Å². The number of pyridine rings is 1. The average Bonchev–Trinajstić information content (AvgIpc) is 2.42. The molecule has 20 heavy (non-hydrogen) atoms. The average molecular weight is 290 g/mol. The third kappa shape index (κ3) is 3.91. The first kappa shape index (κ1) is 14.7. The summed E-state index contributed by atoms with van der Waals surface area (Å²) in [5.74, 6) is 0. The van der Waals surface area contributed by atoms with Gasteiger partial charge in [-0.1, -0.05) is 13.0 Å². The summed E-state index contributed by atoms with van der Waals surface area (Å²) in [7, 11) is 0. The van der Waals surface area contributed by atoms with Crippen molar-refractivity contribution in [3.63, 3.8) is 0 Å². The first-order chi connectivity index (χ1) is 9.58. The van der Waals surface area contributed by atoms with Crippen LogP contribution in [0.25, 0.3) is 0 Å². The Bertz CT molecular complexity index is 641. The standard InChI is InChI=1S/C14H18N4OS/c1-3-11(15)7-10-6-9(2)13(17-8-10)20-14-16-5-4-12(19)18-14/h4-6,8,11H,3,7,15H2,1-2H3,(H,16,18,19). The van der Waals surface area contributed by atoms with Crippen LogP contribution in [0.15, 0.2) is 39.5 Å². The zero-order valence-electron chi connectivity index (χ0n) is 11.6. The topological polar surface area (TPSA) is 84.7 Å². The molecule has 0 aromatic carbocycles. The molecule has 0 radical (unpaired) electrons. The van der Waals surface area contributed by atoms with E-state index in [1.165, 1.54) is 24.0 Å². The van der Waals surface area contributed by atoms with Crippen LogP contribution in [-0.2, 0) is 6.42 Å². The highest BCUT2D eigenvalue weighted by molar-refractivity contribution is 7.99. The first-order valence-corrected chi connectivity index (χ1v) is 7.34. The Kier molecular flexibility index (Phi) is 4.92. The molecule has 0 saturated heterocycles. The van der Waals surface area contributed by atoms with E-state index in [0.717, 1.165) is 29.0 Å². The quantitative estimate of drug-likeness (QED) is 0.822. The normalized spacial score (nSPS) is 12.3. The second-order valence-corrected chi connectivity index (χ2v) is 5.66.